The number of carbonyl (C=O) groups is 1. The highest BCUT2D eigenvalue weighted by Gasteiger charge is 2.14. The third-order valence-electron chi connectivity index (χ3n) is 3.47. The standard InChI is InChI=1S/C18H15FN2O3S/c1-11-4-3-5-13(8-11)17-20-21-18(24-17)25-10-15(22)12-6-7-16(23-2)14(19)9-12/h3-9H,10H2,1-2H3. The van der Waals surface area contributed by atoms with Crippen LogP contribution in [0.3, 0.4) is 0 Å². The molecule has 0 amide bonds. The van der Waals surface area contributed by atoms with Gasteiger partial charge in [0.15, 0.2) is 17.3 Å². The van der Waals surface area contributed by atoms with Crippen molar-refractivity contribution in [1.82, 2.24) is 10.2 Å². The zero-order chi connectivity index (χ0) is 17.8. The Morgan fingerprint density at radius 3 is 2.80 bits per heavy atom. The number of aryl methyl sites for hydroxylation is 1. The maximum absolute atomic E-state index is 13.7. The number of halogens is 1. The van der Waals surface area contributed by atoms with Gasteiger partial charge in [-0.2, -0.15) is 0 Å². The van der Waals surface area contributed by atoms with Crippen molar-refractivity contribution < 1.29 is 18.3 Å². The molecule has 2 aromatic carbocycles. The van der Waals surface area contributed by atoms with Gasteiger partial charge in [-0.1, -0.05) is 29.5 Å². The smallest absolute Gasteiger partial charge is 0.277 e. The minimum absolute atomic E-state index is 0.0707. The highest BCUT2D eigenvalue weighted by atomic mass is 32.2. The van der Waals surface area contributed by atoms with Crippen LogP contribution in [0, 0.1) is 12.7 Å². The Morgan fingerprint density at radius 1 is 1.24 bits per heavy atom. The quantitative estimate of drug-likeness (QED) is 0.487. The molecule has 0 aliphatic carbocycles. The van der Waals surface area contributed by atoms with Crippen LogP contribution in [0.1, 0.15) is 15.9 Å². The Kier molecular flexibility index (Phi) is 5.14. The number of benzene rings is 2. The van der Waals surface area contributed by atoms with E-state index in [1.807, 2.05) is 31.2 Å². The van der Waals surface area contributed by atoms with Crippen molar-refractivity contribution in [3.05, 3.63) is 59.4 Å². The van der Waals surface area contributed by atoms with Gasteiger partial charge in [-0.15, -0.1) is 10.2 Å². The van der Waals surface area contributed by atoms with Crippen molar-refractivity contribution in [2.45, 2.75) is 12.1 Å². The van der Waals surface area contributed by atoms with Gasteiger partial charge in [0, 0.05) is 11.1 Å². The van der Waals surface area contributed by atoms with Gasteiger partial charge in [0.25, 0.3) is 5.22 Å². The van der Waals surface area contributed by atoms with E-state index >= 15 is 0 Å². The number of hydrogen-bond acceptors (Lipinski definition) is 6. The van der Waals surface area contributed by atoms with Crippen molar-refractivity contribution in [2.24, 2.45) is 0 Å². The second-order valence-electron chi connectivity index (χ2n) is 5.30. The number of nitrogens with zero attached hydrogens (tertiary/aromatic N) is 2. The van der Waals surface area contributed by atoms with E-state index in [4.69, 9.17) is 9.15 Å². The van der Waals surface area contributed by atoms with Crippen molar-refractivity contribution in [3.8, 4) is 17.2 Å². The Morgan fingerprint density at radius 2 is 2.08 bits per heavy atom. The Hall–Kier alpha value is -2.67. The topological polar surface area (TPSA) is 65.2 Å². The van der Waals surface area contributed by atoms with E-state index < -0.39 is 5.82 Å². The molecule has 3 rings (SSSR count). The van der Waals surface area contributed by atoms with Crippen LogP contribution in [-0.2, 0) is 0 Å². The third kappa shape index (κ3) is 4.06. The summed E-state index contributed by atoms with van der Waals surface area (Å²) in [5.41, 5.74) is 2.17. The summed E-state index contributed by atoms with van der Waals surface area (Å²) in [4.78, 5) is 12.2. The molecule has 0 radical (unpaired) electrons. The lowest BCUT2D eigenvalue weighted by atomic mass is 10.1. The summed E-state index contributed by atoms with van der Waals surface area (Å²) in [6.07, 6.45) is 0. The van der Waals surface area contributed by atoms with E-state index in [9.17, 15) is 9.18 Å². The van der Waals surface area contributed by atoms with E-state index in [1.54, 1.807) is 0 Å². The van der Waals surface area contributed by atoms with Crippen molar-refractivity contribution in [2.75, 3.05) is 12.9 Å². The number of carbonyl (C=O) groups excluding carboxylic acids is 1. The Bertz CT molecular complexity index is 911. The molecule has 1 heterocycles. The lowest BCUT2D eigenvalue weighted by molar-refractivity contribution is 0.102. The van der Waals surface area contributed by atoms with Crippen LogP contribution in [-0.4, -0.2) is 28.8 Å². The number of aromatic nitrogens is 2. The SMILES string of the molecule is COc1ccc(C(=O)CSc2nnc(-c3cccc(C)c3)o2)cc1F. The normalized spacial score (nSPS) is 10.7. The molecule has 0 N–H and O–H groups in total. The van der Waals surface area contributed by atoms with Gasteiger partial charge in [-0.05, 0) is 37.3 Å². The van der Waals surface area contributed by atoms with Gasteiger partial charge < -0.3 is 9.15 Å². The highest BCUT2D eigenvalue weighted by molar-refractivity contribution is 7.99. The summed E-state index contributed by atoms with van der Waals surface area (Å²) in [7, 11) is 1.37. The molecule has 0 spiro atoms. The minimum atomic E-state index is -0.571. The van der Waals surface area contributed by atoms with Gasteiger partial charge in [-0.3, -0.25) is 4.79 Å². The van der Waals surface area contributed by atoms with E-state index in [0.29, 0.717) is 11.1 Å². The van der Waals surface area contributed by atoms with Crippen LogP contribution in [0.2, 0.25) is 0 Å². The maximum Gasteiger partial charge on any atom is 0.277 e. The predicted molar refractivity (Wildman–Crippen MR) is 92.5 cm³/mol. The summed E-state index contributed by atoms with van der Waals surface area (Å²) in [5, 5.41) is 8.21. The molecule has 0 fully saturated rings. The first-order chi connectivity index (χ1) is 12.1. The van der Waals surface area contributed by atoms with Crippen LogP contribution < -0.4 is 4.74 Å². The third-order valence-corrected chi connectivity index (χ3v) is 4.29. The fourth-order valence-electron chi connectivity index (χ4n) is 2.21. The van der Waals surface area contributed by atoms with Crippen molar-refractivity contribution >= 4 is 17.5 Å². The number of hydrogen-bond donors (Lipinski definition) is 0. The zero-order valence-corrected chi connectivity index (χ0v) is 14.5. The number of methoxy groups -OCH3 is 1. The molecular weight excluding hydrogens is 343 g/mol. The average Bonchev–Trinajstić information content (AvgIpc) is 3.08. The molecule has 25 heavy (non-hydrogen) atoms. The van der Waals surface area contributed by atoms with Crippen LogP contribution >= 0.6 is 11.8 Å². The van der Waals surface area contributed by atoms with Gasteiger partial charge in [-0.25, -0.2) is 4.39 Å². The molecule has 0 aliphatic rings. The number of Topliss-reactive ketones (excluding diaryl/α,β-unsaturated/α-hetero) is 1. The first-order valence-corrected chi connectivity index (χ1v) is 8.45. The Labute approximate surface area is 148 Å². The number of thioether (sulfide) groups is 1. The Balaban J connectivity index is 1.66. The average molecular weight is 358 g/mol. The molecule has 0 aliphatic heterocycles. The van der Waals surface area contributed by atoms with Crippen molar-refractivity contribution in [3.63, 3.8) is 0 Å². The summed E-state index contributed by atoms with van der Waals surface area (Å²) >= 11 is 1.12. The lowest BCUT2D eigenvalue weighted by Crippen LogP contribution is -2.03. The molecule has 5 nitrogen and oxygen atoms in total. The fourth-order valence-corrected chi connectivity index (χ4v) is 2.87. The molecule has 0 unspecified atom stereocenters. The van der Waals surface area contributed by atoms with E-state index in [2.05, 4.69) is 10.2 Å². The molecule has 0 saturated carbocycles. The summed E-state index contributed by atoms with van der Waals surface area (Å²) in [6.45, 7) is 1.97. The molecule has 128 valence electrons. The molecule has 7 heteroatoms. The summed E-state index contributed by atoms with van der Waals surface area (Å²) in [6, 6.07) is 11.8. The lowest BCUT2D eigenvalue weighted by Gasteiger charge is -2.03. The minimum Gasteiger partial charge on any atom is -0.494 e. The van der Waals surface area contributed by atoms with Crippen LogP contribution in [0.15, 0.2) is 52.1 Å². The van der Waals surface area contributed by atoms with E-state index in [1.165, 1.54) is 19.2 Å². The van der Waals surface area contributed by atoms with Crippen LogP contribution in [0.5, 0.6) is 5.75 Å². The predicted octanol–water partition coefficient (Wildman–Crippen LogP) is 4.17. The largest absolute Gasteiger partial charge is 0.494 e. The second-order valence-corrected chi connectivity index (χ2v) is 6.23. The molecule has 0 bridgehead atoms. The summed E-state index contributed by atoms with van der Waals surface area (Å²) < 4.78 is 24.1. The van der Waals surface area contributed by atoms with Gasteiger partial charge in [0.2, 0.25) is 5.89 Å². The van der Waals surface area contributed by atoms with Crippen molar-refractivity contribution in [1.29, 1.82) is 0 Å². The number of ketones is 1. The van der Waals surface area contributed by atoms with Gasteiger partial charge >= 0.3 is 0 Å². The second kappa shape index (κ2) is 7.48. The molecule has 3 aromatic rings. The highest BCUT2D eigenvalue weighted by Crippen LogP contribution is 2.25. The zero-order valence-electron chi connectivity index (χ0n) is 13.7. The van der Waals surface area contributed by atoms with E-state index in [0.717, 1.165) is 29.0 Å². The first-order valence-electron chi connectivity index (χ1n) is 7.47. The van der Waals surface area contributed by atoms with Crippen LogP contribution in [0.4, 0.5) is 4.39 Å². The monoisotopic (exact) mass is 358 g/mol. The van der Waals surface area contributed by atoms with Crippen LogP contribution in [0.25, 0.3) is 11.5 Å². The summed E-state index contributed by atoms with van der Waals surface area (Å²) in [5.74, 6) is -0.237. The molecule has 0 atom stereocenters. The van der Waals surface area contributed by atoms with Gasteiger partial charge in [0.05, 0.1) is 12.9 Å². The maximum atomic E-state index is 13.7. The van der Waals surface area contributed by atoms with Gasteiger partial charge in [0.1, 0.15) is 0 Å². The molecular formula is C18H15FN2O3S. The fraction of sp³-hybridized carbons (Fsp3) is 0.167. The number of rotatable bonds is 6. The van der Waals surface area contributed by atoms with E-state index in [-0.39, 0.29) is 22.8 Å². The molecule has 1 aromatic heterocycles. The number of ether oxygens (including phenoxy) is 1. The molecule has 0 saturated heterocycles. The first kappa shape index (κ1) is 17.2.